The zero-order valence-electron chi connectivity index (χ0n) is 7.36. The van der Waals surface area contributed by atoms with Crippen LogP contribution in [0, 0.1) is 11.6 Å². The number of benzene rings is 1. The molecular formula is C10H9ClF2O. The maximum Gasteiger partial charge on any atom is 0.142 e. The predicted molar refractivity (Wildman–Crippen MR) is 49.3 cm³/mol. The van der Waals surface area contributed by atoms with E-state index < -0.39 is 17.2 Å². The molecule has 2 rings (SSSR count). The first kappa shape index (κ1) is 9.87. The molecule has 76 valence electrons. The third kappa shape index (κ3) is 1.88. The van der Waals surface area contributed by atoms with Gasteiger partial charge in [-0.25, -0.2) is 8.78 Å². The summed E-state index contributed by atoms with van der Waals surface area (Å²) >= 11 is 5.40. The minimum absolute atomic E-state index is 0.160. The van der Waals surface area contributed by atoms with Gasteiger partial charge in [-0.15, -0.1) is 0 Å². The molecule has 14 heavy (non-hydrogen) atoms. The summed E-state index contributed by atoms with van der Waals surface area (Å²) in [5.41, 5.74) is -0.631. The van der Waals surface area contributed by atoms with Crippen LogP contribution in [-0.2, 0) is 6.42 Å². The fourth-order valence-electron chi connectivity index (χ4n) is 1.37. The average Bonchev–Trinajstić information content (AvgIpc) is 2.80. The fourth-order valence-corrected chi connectivity index (χ4v) is 1.53. The van der Waals surface area contributed by atoms with Crippen LogP contribution in [0.15, 0.2) is 12.1 Å². The van der Waals surface area contributed by atoms with Crippen molar-refractivity contribution in [3.63, 3.8) is 0 Å². The molecule has 4 heteroatoms. The van der Waals surface area contributed by atoms with E-state index in [4.69, 9.17) is 11.6 Å². The molecule has 0 aliphatic heterocycles. The fraction of sp³-hybridized carbons (Fsp3) is 0.400. The molecule has 1 saturated carbocycles. The molecule has 1 aromatic rings. The molecule has 0 heterocycles. The van der Waals surface area contributed by atoms with Gasteiger partial charge in [-0.2, -0.15) is 0 Å². The first-order valence-electron chi connectivity index (χ1n) is 4.36. The molecule has 1 fully saturated rings. The third-order valence-electron chi connectivity index (χ3n) is 2.44. The Kier molecular flexibility index (Phi) is 2.24. The monoisotopic (exact) mass is 218 g/mol. The molecule has 1 aromatic carbocycles. The van der Waals surface area contributed by atoms with E-state index in [1.165, 1.54) is 0 Å². The first-order valence-corrected chi connectivity index (χ1v) is 4.74. The lowest BCUT2D eigenvalue weighted by molar-refractivity contribution is 0.149. The van der Waals surface area contributed by atoms with Crippen LogP contribution in [-0.4, -0.2) is 10.7 Å². The highest BCUT2D eigenvalue weighted by atomic mass is 35.5. The molecule has 1 aliphatic rings. The molecule has 1 aliphatic carbocycles. The zero-order valence-corrected chi connectivity index (χ0v) is 8.11. The Labute approximate surface area is 85.3 Å². The average molecular weight is 219 g/mol. The second kappa shape index (κ2) is 3.17. The van der Waals surface area contributed by atoms with Crippen molar-refractivity contribution in [2.24, 2.45) is 0 Å². The van der Waals surface area contributed by atoms with Gasteiger partial charge in [0.2, 0.25) is 0 Å². The van der Waals surface area contributed by atoms with E-state index in [1.54, 1.807) is 0 Å². The maximum atomic E-state index is 13.2. The molecule has 0 saturated heterocycles. The van der Waals surface area contributed by atoms with Gasteiger partial charge >= 0.3 is 0 Å². The van der Waals surface area contributed by atoms with Gasteiger partial charge in [0.05, 0.1) is 10.6 Å². The molecular weight excluding hydrogens is 210 g/mol. The van der Waals surface area contributed by atoms with Crippen molar-refractivity contribution in [3.05, 3.63) is 34.4 Å². The Bertz CT molecular complexity index is 375. The Morgan fingerprint density at radius 2 is 1.93 bits per heavy atom. The largest absolute Gasteiger partial charge is 0.390 e. The van der Waals surface area contributed by atoms with Crippen LogP contribution in [0.2, 0.25) is 5.02 Å². The summed E-state index contributed by atoms with van der Waals surface area (Å²) in [4.78, 5) is 0. The molecule has 0 radical (unpaired) electrons. The molecule has 0 unspecified atom stereocenters. The van der Waals surface area contributed by atoms with E-state index in [0.717, 1.165) is 12.1 Å². The predicted octanol–water partition coefficient (Wildman–Crippen LogP) is 2.69. The Morgan fingerprint density at radius 3 is 2.50 bits per heavy atom. The summed E-state index contributed by atoms with van der Waals surface area (Å²) in [6, 6.07) is 1.99. The number of hydrogen-bond donors (Lipinski definition) is 1. The SMILES string of the molecule is OC1(Cc2cc(F)c(Cl)cc2F)CC1. The van der Waals surface area contributed by atoms with Gasteiger partial charge in [-0.1, -0.05) is 11.6 Å². The van der Waals surface area contributed by atoms with E-state index in [2.05, 4.69) is 0 Å². The van der Waals surface area contributed by atoms with E-state index >= 15 is 0 Å². The van der Waals surface area contributed by atoms with Crippen LogP contribution in [0.5, 0.6) is 0 Å². The summed E-state index contributed by atoms with van der Waals surface area (Å²) in [6.07, 6.45) is 1.46. The summed E-state index contributed by atoms with van der Waals surface area (Å²) in [5.74, 6) is -1.20. The summed E-state index contributed by atoms with van der Waals surface area (Å²) < 4.78 is 26.2. The Morgan fingerprint density at radius 1 is 1.29 bits per heavy atom. The Hall–Kier alpha value is -0.670. The molecule has 1 N–H and O–H groups in total. The lowest BCUT2D eigenvalue weighted by atomic mass is 10.1. The number of rotatable bonds is 2. The lowest BCUT2D eigenvalue weighted by Gasteiger charge is -2.08. The van der Waals surface area contributed by atoms with Crippen molar-refractivity contribution in [2.45, 2.75) is 24.9 Å². The van der Waals surface area contributed by atoms with Gasteiger partial charge in [0.1, 0.15) is 11.6 Å². The highest BCUT2D eigenvalue weighted by Crippen LogP contribution is 2.39. The third-order valence-corrected chi connectivity index (χ3v) is 2.73. The van der Waals surface area contributed by atoms with E-state index in [1.807, 2.05) is 0 Å². The normalized spacial score (nSPS) is 18.3. The molecule has 0 amide bonds. The van der Waals surface area contributed by atoms with Crippen molar-refractivity contribution in [1.29, 1.82) is 0 Å². The van der Waals surface area contributed by atoms with Crippen LogP contribution in [0.25, 0.3) is 0 Å². The number of halogens is 3. The molecule has 0 aromatic heterocycles. The highest BCUT2D eigenvalue weighted by molar-refractivity contribution is 6.30. The summed E-state index contributed by atoms with van der Waals surface area (Å²) in [7, 11) is 0. The van der Waals surface area contributed by atoms with Gasteiger partial charge in [0.15, 0.2) is 0 Å². The lowest BCUT2D eigenvalue weighted by Crippen LogP contribution is -2.12. The van der Waals surface area contributed by atoms with Crippen LogP contribution in [0.4, 0.5) is 8.78 Å². The Balaban J connectivity index is 2.29. The smallest absolute Gasteiger partial charge is 0.142 e. The quantitative estimate of drug-likeness (QED) is 0.757. The second-order valence-corrected chi connectivity index (χ2v) is 4.17. The standard InChI is InChI=1S/C10H9ClF2O/c11-7-4-8(12)6(3-9(7)13)5-10(14)1-2-10/h3-4,14H,1-2,5H2. The van der Waals surface area contributed by atoms with Gasteiger partial charge < -0.3 is 5.11 Å². The second-order valence-electron chi connectivity index (χ2n) is 3.76. The maximum absolute atomic E-state index is 13.2. The minimum Gasteiger partial charge on any atom is -0.390 e. The van der Waals surface area contributed by atoms with Crippen LogP contribution >= 0.6 is 11.6 Å². The van der Waals surface area contributed by atoms with Gasteiger partial charge in [-0.05, 0) is 30.5 Å². The van der Waals surface area contributed by atoms with E-state index in [9.17, 15) is 13.9 Å². The van der Waals surface area contributed by atoms with Crippen LogP contribution < -0.4 is 0 Å². The molecule has 1 nitrogen and oxygen atoms in total. The molecule has 0 spiro atoms. The van der Waals surface area contributed by atoms with Crippen molar-refractivity contribution in [3.8, 4) is 0 Å². The van der Waals surface area contributed by atoms with Crippen molar-refractivity contribution in [1.82, 2.24) is 0 Å². The van der Waals surface area contributed by atoms with Crippen molar-refractivity contribution < 1.29 is 13.9 Å². The van der Waals surface area contributed by atoms with Gasteiger partial charge in [0.25, 0.3) is 0 Å². The summed E-state index contributed by atoms with van der Waals surface area (Å²) in [5, 5.41) is 9.32. The van der Waals surface area contributed by atoms with Crippen LogP contribution in [0.1, 0.15) is 18.4 Å². The number of hydrogen-bond acceptors (Lipinski definition) is 1. The highest BCUT2D eigenvalue weighted by Gasteiger charge is 2.40. The zero-order chi connectivity index (χ0) is 10.3. The van der Waals surface area contributed by atoms with Crippen LogP contribution in [0.3, 0.4) is 0 Å². The summed E-state index contributed by atoms with van der Waals surface area (Å²) in [6.45, 7) is 0. The van der Waals surface area contributed by atoms with Crippen molar-refractivity contribution in [2.75, 3.05) is 0 Å². The topological polar surface area (TPSA) is 20.2 Å². The van der Waals surface area contributed by atoms with E-state index in [-0.39, 0.29) is 17.0 Å². The molecule has 0 bridgehead atoms. The minimum atomic E-state index is -0.818. The van der Waals surface area contributed by atoms with E-state index in [0.29, 0.717) is 12.8 Å². The van der Waals surface area contributed by atoms with Gasteiger partial charge in [-0.3, -0.25) is 0 Å². The van der Waals surface area contributed by atoms with Crippen molar-refractivity contribution >= 4 is 11.6 Å². The number of aliphatic hydroxyl groups is 1. The molecule has 0 atom stereocenters. The first-order chi connectivity index (χ1) is 6.50. The van der Waals surface area contributed by atoms with Gasteiger partial charge in [0, 0.05) is 6.42 Å².